The molecule has 0 saturated carbocycles. The minimum atomic E-state index is -0.432. The number of hydrogen-bond donors (Lipinski definition) is 0. The molecule has 0 bridgehead atoms. The molecule has 0 aliphatic carbocycles. The van der Waals surface area contributed by atoms with E-state index < -0.39 is 6.04 Å². The summed E-state index contributed by atoms with van der Waals surface area (Å²) in [5.74, 6) is 0.0278. The van der Waals surface area contributed by atoms with Gasteiger partial charge in [-0.25, -0.2) is 4.98 Å². The van der Waals surface area contributed by atoms with Crippen molar-refractivity contribution in [3.63, 3.8) is 0 Å². The summed E-state index contributed by atoms with van der Waals surface area (Å²) in [4.78, 5) is 34.1. The van der Waals surface area contributed by atoms with E-state index in [0.29, 0.717) is 13.1 Å². The number of hydrogen-bond acceptors (Lipinski definition) is 4. The van der Waals surface area contributed by atoms with Crippen molar-refractivity contribution in [1.82, 2.24) is 14.8 Å². The van der Waals surface area contributed by atoms with Gasteiger partial charge in [-0.3, -0.25) is 9.59 Å². The zero-order valence-corrected chi connectivity index (χ0v) is 15.7. The minimum absolute atomic E-state index is 0.00520. The Labute approximate surface area is 152 Å². The molecule has 0 spiro atoms. The van der Waals surface area contributed by atoms with Crippen molar-refractivity contribution in [2.24, 2.45) is 0 Å². The Balaban J connectivity index is 1.66. The summed E-state index contributed by atoms with van der Waals surface area (Å²) in [5, 5.41) is 0.987. The Morgan fingerprint density at radius 2 is 1.92 bits per heavy atom. The predicted molar refractivity (Wildman–Crippen MR) is 98.3 cm³/mol. The van der Waals surface area contributed by atoms with Gasteiger partial charge in [0.2, 0.25) is 11.8 Å². The van der Waals surface area contributed by atoms with Gasteiger partial charge in [0.1, 0.15) is 6.04 Å². The second-order valence-electron chi connectivity index (χ2n) is 6.43. The lowest BCUT2D eigenvalue weighted by Gasteiger charge is -2.38. The van der Waals surface area contributed by atoms with Crippen LogP contribution in [-0.2, 0) is 22.6 Å². The van der Waals surface area contributed by atoms with Crippen LogP contribution < -0.4 is 0 Å². The SMILES string of the molecule is Cc1nc(C)c(CN2C(=O)CN(CCc3ccccc3)C(=O)[C@@H]2C)s1. The molecule has 1 saturated heterocycles. The van der Waals surface area contributed by atoms with Crippen LogP contribution >= 0.6 is 11.3 Å². The molecule has 132 valence electrons. The van der Waals surface area contributed by atoms with Crippen LogP contribution in [0.25, 0.3) is 0 Å². The molecule has 2 heterocycles. The van der Waals surface area contributed by atoms with Gasteiger partial charge in [0.05, 0.1) is 23.8 Å². The number of benzene rings is 1. The number of amides is 2. The number of carbonyl (C=O) groups excluding carboxylic acids is 2. The molecule has 1 aromatic heterocycles. The molecule has 0 N–H and O–H groups in total. The smallest absolute Gasteiger partial charge is 0.245 e. The summed E-state index contributed by atoms with van der Waals surface area (Å²) in [6.45, 7) is 6.93. The number of aryl methyl sites for hydroxylation is 2. The minimum Gasteiger partial charge on any atom is -0.331 e. The average Bonchev–Trinajstić information content (AvgIpc) is 2.92. The van der Waals surface area contributed by atoms with Crippen LogP contribution in [0.15, 0.2) is 30.3 Å². The maximum absolute atomic E-state index is 12.7. The van der Waals surface area contributed by atoms with E-state index in [0.717, 1.165) is 22.0 Å². The van der Waals surface area contributed by atoms with E-state index in [1.807, 2.05) is 51.1 Å². The molecule has 5 nitrogen and oxygen atoms in total. The van der Waals surface area contributed by atoms with Gasteiger partial charge < -0.3 is 9.80 Å². The molecule has 1 fully saturated rings. The van der Waals surface area contributed by atoms with Gasteiger partial charge in [0.25, 0.3) is 0 Å². The van der Waals surface area contributed by atoms with Crippen LogP contribution in [0.1, 0.15) is 28.1 Å². The quantitative estimate of drug-likeness (QED) is 0.826. The molecule has 25 heavy (non-hydrogen) atoms. The number of piperazine rings is 1. The molecular formula is C19H23N3O2S. The van der Waals surface area contributed by atoms with E-state index in [2.05, 4.69) is 4.98 Å². The third-order valence-electron chi connectivity index (χ3n) is 4.61. The summed E-state index contributed by atoms with van der Waals surface area (Å²) in [5.41, 5.74) is 2.12. The zero-order valence-electron chi connectivity index (χ0n) is 14.9. The Hall–Kier alpha value is -2.21. The van der Waals surface area contributed by atoms with E-state index in [-0.39, 0.29) is 18.4 Å². The van der Waals surface area contributed by atoms with Crippen molar-refractivity contribution in [2.45, 2.75) is 39.8 Å². The number of nitrogens with zero attached hydrogens (tertiary/aromatic N) is 3. The fraction of sp³-hybridized carbons (Fsp3) is 0.421. The maximum atomic E-state index is 12.7. The van der Waals surface area contributed by atoms with Crippen molar-refractivity contribution >= 4 is 23.2 Å². The van der Waals surface area contributed by atoms with E-state index in [1.54, 1.807) is 21.1 Å². The second kappa shape index (κ2) is 7.35. The van der Waals surface area contributed by atoms with Crippen molar-refractivity contribution in [2.75, 3.05) is 13.1 Å². The van der Waals surface area contributed by atoms with Crippen molar-refractivity contribution in [3.05, 3.63) is 51.5 Å². The summed E-state index contributed by atoms with van der Waals surface area (Å²) in [6.07, 6.45) is 0.764. The highest BCUT2D eigenvalue weighted by atomic mass is 32.1. The third-order valence-corrected chi connectivity index (χ3v) is 5.67. The second-order valence-corrected chi connectivity index (χ2v) is 7.72. The van der Waals surface area contributed by atoms with Gasteiger partial charge in [-0.2, -0.15) is 0 Å². The summed E-state index contributed by atoms with van der Waals surface area (Å²) < 4.78 is 0. The van der Waals surface area contributed by atoms with Crippen molar-refractivity contribution in [3.8, 4) is 0 Å². The van der Waals surface area contributed by atoms with E-state index in [1.165, 1.54) is 5.56 Å². The predicted octanol–water partition coefficient (Wildman–Crippen LogP) is 2.56. The largest absolute Gasteiger partial charge is 0.331 e. The Morgan fingerprint density at radius 1 is 1.20 bits per heavy atom. The molecule has 0 radical (unpaired) electrons. The molecule has 1 aliphatic heterocycles. The highest BCUT2D eigenvalue weighted by Gasteiger charge is 2.36. The van der Waals surface area contributed by atoms with Crippen molar-refractivity contribution < 1.29 is 9.59 Å². The first-order valence-corrected chi connectivity index (χ1v) is 9.32. The molecule has 1 atom stereocenters. The monoisotopic (exact) mass is 357 g/mol. The van der Waals surface area contributed by atoms with Crippen LogP contribution in [0.2, 0.25) is 0 Å². The van der Waals surface area contributed by atoms with Gasteiger partial charge in [0, 0.05) is 11.4 Å². The van der Waals surface area contributed by atoms with E-state index >= 15 is 0 Å². The fourth-order valence-corrected chi connectivity index (χ4v) is 4.08. The number of carbonyl (C=O) groups is 2. The standard InChI is InChI=1S/C19H23N3O2S/c1-13-17(25-15(3)20-13)11-22-14(2)19(24)21(12-18(22)23)10-9-16-7-5-4-6-8-16/h4-8,14H,9-12H2,1-3H3/t14-/m0/s1. The molecule has 3 rings (SSSR count). The molecule has 1 aromatic carbocycles. The van der Waals surface area contributed by atoms with Gasteiger partial charge in [-0.1, -0.05) is 30.3 Å². The zero-order chi connectivity index (χ0) is 18.0. The first kappa shape index (κ1) is 17.6. The van der Waals surface area contributed by atoms with Crippen LogP contribution in [0, 0.1) is 13.8 Å². The number of rotatable bonds is 5. The van der Waals surface area contributed by atoms with Crippen LogP contribution in [0.5, 0.6) is 0 Å². The Bertz CT molecular complexity index is 772. The number of aromatic nitrogens is 1. The Morgan fingerprint density at radius 3 is 2.56 bits per heavy atom. The first-order chi connectivity index (χ1) is 12.0. The fourth-order valence-electron chi connectivity index (χ4n) is 3.14. The maximum Gasteiger partial charge on any atom is 0.245 e. The Kier molecular flexibility index (Phi) is 5.18. The number of thiazole rings is 1. The molecule has 2 amide bonds. The molecule has 0 unspecified atom stereocenters. The van der Waals surface area contributed by atoms with Crippen LogP contribution in [0.4, 0.5) is 0 Å². The van der Waals surface area contributed by atoms with Gasteiger partial charge >= 0.3 is 0 Å². The highest BCUT2D eigenvalue weighted by Crippen LogP contribution is 2.23. The van der Waals surface area contributed by atoms with Gasteiger partial charge in [-0.05, 0) is 32.8 Å². The lowest BCUT2D eigenvalue weighted by molar-refractivity contribution is -0.155. The molecule has 2 aromatic rings. The summed E-state index contributed by atoms with van der Waals surface area (Å²) >= 11 is 1.59. The van der Waals surface area contributed by atoms with Crippen LogP contribution in [-0.4, -0.2) is 45.7 Å². The normalized spacial score (nSPS) is 18.1. The molecule has 1 aliphatic rings. The van der Waals surface area contributed by atoms with Crippen molar-refractivity contribution in [1.29, 1.82) is 0 Å². The lowest BCUT2D eigenvalue weighted by Crippen LogP contribution is -2.58. The molecular weight excluding hydrogens is 334 g/mol. The summed E-state index contributed by atoms with van der Waals surface area (Å²) in [7, 11) is 0. The topological polar surface area (TPSA) is 53.5 Å². The average molecular weight is 357 g/mol. The lowest BCUT2D eigenvalue weighted by atomic mass is 10.1. The van der Waals surface area contributed by atoms with E-state index in [4.69, 9.17) is 0 Å². The van der Waals surface area contributed by atoms with Crippen LogP contribution in [0.3, 0.4) is 0 Å². The van der Waals surface area contributed by atoms with E-state index in [9.17, 15) is 9.59 Å². The third kappa shape index (κ3) is 3.90. The first-order valence-electron chi connectivity index (χ1n) is 8.51. The highest BCUT2D eigenvalue weighted by molar-refractivity contribution is 7.11. The molecule has 6 heteroatoms. The summed E-state index contributed by atoms with van der Waals surface area (Å²) in [6, 6.07) is 9.60. The van der Waals surface area contributed by atoms with Gasteiger partial charge in [-0.15, -0.1) is 11.3 Å². The van der Waals surface area contributed by atoms with Gasteiger partial charge in [0.15, 0.2) is 0 Å².